The van der Waals surface area contributed by atoms with Gasteiger partial charge >= 0.3 is 5.97 Å². The maximum Gasteiger partial charge on any atom is 0.352 e. The molecule has 0 spiro atoms. The molecule has 1 aliphatic carbocycles. The third kappa shape index (κ3) is 6.30. The van der Waals surface area contributed by atoms with Crippen LogP contribution in [0, 0.1) is 13.8 Å². The van der Waals surface area contributed by atoms with Crippen molar-refractivity contribution in [2.45, 2.75) is 72.6 Å². The van der Waals surface area contributed by atoms with Crippen molar-refractivity contribution in [2.24, 2.45) is 0 Å². The number of rotatable bonds is 12. The van der Waals surface area contributed by atoms with Crippen molar-refractivity contribution in [3.8, 4) is 16.9 Å². The summed E-state index contributed by atoms with van der Waals surface area (Å²) in [6.07, 6.45) is 3.99. The molecule has 284 valence electrons. The van der Waals surface area contributed by atoms with E-state index in [-0.39, 0.29) is 36.9 Å². The number of ether oxygens (including phenoxy) is 3. The van der Waals surface area contributed by atoms with Crippen LogP contribution < -0.4 is 9.64 Å². The van der Waals surface area contributed by atoms with Gasteiger partial charge in [0.2, 0.25) is 0 Å². The maximum absolute atomic E-state index is 15.2. The highest BCUT2D eigenvalue weighted by Gasteiger charge is 2.38. The van der Waals surface area contributed by atoms with Gasteiger partial charge in [-0.15, -0.1) is 0 Å². The summed E-state index contributed by atoms with van der Waals surface area (Å²) >= 11 is 13.5. The lowest BCUT2D eigenvalue weighted by Gasteiger charge is -2.35. The van der Waals surface area contributed by atoms with E-state index in [0.29, 0.717) is 59.0 Å². The molecule has 0 fully saturated rings. The molecule has 2 aliphatic rings. The first-order chi connectivity index (χ1) is 25.9. The number of hydrogen-bond donors (Lipinski definition) is 2. The molecule has 5 aromatic rings. The van der Waals surface area contributed by atoms with Crippen molar-refractivity contribution in [1.29, 1.82) is 0 Å². The zero-order valence-corrected chi connectivity index (χ0v) is 33.1. The first-order valence-corrected chi connectivity index (χ1v) is 18.9. The van der Waals surface area contributed by atoms with E-state index < -0.39 is 5.97 Å². The molecule has 1 unspecified atom stereocenters. The summed E-state index contributed by atoms with van der Waals surface area (Å²) in [5.74, 6) is -0.756. The number of H-pyrrole nitrogens is 1. The fourth-order valence-electron chi connectivity index (χ4n) is 8.35. The standard InChI is InChI=1S/C41H45Cl2N5O6/c1-21-17-26(18-22(2)36(21)43)54-15-8-9-27-28-10-11-30(42)35(34-24(4)44-45-25(34)5)38(28)48-23(3)20-47(40(49)39(27)48)31-12-13-33(53-7)29-19-32(41(50)51)46(37(29)31)14-16-52-6/h10-13,17,19,23,26H,8-9,14-16,18,20H2,1-7H3,(H,44,45)(H,50,51)/t23-,26?/m1/s1. The number of aryl methyl sites for hydroxylation is 3. The van der Waals surface area contributed by atoms with Crippen molar-refractivity contribution >= 4 is 62.6 Å². The predicted molar refractivity (Wildman–Crippen MR) is 213 cm³/mol. The number of carboxylic acids is 1. The number of carboxylic acid groups (broad SMARTS) is 1. The minimum atomic E-state index is -1.08. The van der Waals surface area contributed by atoms with Crippen LogP contribution in [0.2, 0.25) is 5.02 Å². The van der Waals surface area contributed by atoms with Gasteiger partial charge in [-0.2, -0.15) is 5.10 Å². The lowest BCUT2D eigenvalue weighted by Crippen LogP contribution is -2.43. The Balaban J connectivity index is 1.38. The van der Waals surface area contributed by atoms with Gasteiger partial charge in [0.05, 0.1) is 47.3 Å². The smallest absolute Gasteiger partial charge is 0.352 e. The van der Waals surface area contributed by atoms with Crippen LogP contribution in [0.3, 0.4) is 0 Å². The number of amides is 1. The van der Waals surface area contributed by atoms with Crippen molar-refractivity contribution in [3.63, 3.8) is 0 Å². The van der Waals surface area contributed by atoms with Crippen LogP contribution >= 0.6 is 23.2 Å². The van der Waals surface area contributed by atoms with E-state index in [0.717, 1.165) is 61.6 Å². The first kappa shape index (κ1) is 37.8. The summed E-state index contributed by atoms with van der Waals surface area (Å²) in [5, 5.41) is 20.8. The molecular formula is C41H45Cl2N5O6. The molecule has 13 heteroatoms. The average Bonchev–Trinajstić information content (AvgIpc) is 3.80. The summed E-state index contributed by atoms with van der Waals surface area (Å²) in [4.78, 5) is 29.5. The zero-order valence-electron chi connectivity index (χ0n) is 31.6. The van der Waals surface area contributed by atoms with E-state index in [1.54, 1.807) is 35.8 Å². The Morgan fingerprint density at radius 2 is 1.81 bits per heavy atom. The number of carbonyl (C=O) groups is 2. The highest BCUT2D eigenvalue weighted by atomic mass is 35.5. The Hall–Kier alpha value is -4.55. The molecule has 7 rings (SSSR count). The zero-order chi connectivity index (χ0) is 38.6. The Morgan fingerprint density at radius 1 is 1.04 bits per heavy atom. The SMILES string of the molecule is COCCn1c(C(=O)O)cc2c(OC)ccc(N3C[C@@H](C)n4c(c(CCCOC5C=C(C)C(Cl)=C(C)C5)c5ccc(Cl)c(-c6c(C)n[nH]c6C)c54)C3=O)c21. The normalized spacial score (nSPS) is 17.5. The van der Waals surface area contributed by atoms with Crippen LogP contribution in [-0.2, 0) is 22.4 Å². The molecule has 54 heavy (non-hydrogen) atoms. The minimum absolute atomic E-state index is 0.0654. The molecule has 4 heterocycles. The number of anilines is 1. The molecule has 11 nitrogen and oxygen atoms in total. The lowest BCUT2D eigenvalue weighted by atomic mass is 9.98. The van der Waals surface area contributed by atoms with Gasteiger partial charge in [-0.1, -0.05) is 40.9 Å². The molecule has 0 bridgehead atoms. The van der Waals surface area contributed by atoms with Crippen molar-refractivity contribution in [1.82, 2.24) is 19.3 Å². The maximum atomic E-state index is 15.2. The van der Waals surface area contributed by atoms with Gasteiger partial charge in [-0.25, -0.2) is 4.79 Å². The molecular weight excluding hydrogens is 729 g/mol. The summed E-state index contributed by atoms with van der Waals surface area (Å²) in [6.45, 7) is 11.4. The van der Waals surface area contributed by atoms with E-state index in [4.69, 9.17) is 37.4 Å². The molecule has 0 saturated carbocycles. The van der Waals surface area contributed by atoms with E-state index in [2.05, 4.69) is 27.8 Å². The van der Waals surface area contributed by atoms with E-state index in [1.807, 2.05) is 45.9 Å². The summed E-state index contributed by atoms with van der Waals surface area (Å²) in [5.41, 5.74) is 9.22. The number of carbonyl (C=O) groups excluding carboxylic acids is 1. The molecule has 2 N–H and O–H groups in total. The van der Waals surface area contributed by atoms with E-state index in [1.165, 1.54) is 0 Å². The fourth-order valence-corrected chi connectivity index (χ4v) is 8.73. The number of allylic oxidation sites excluding steroid dienone is 2. The second kappa shape index (κ2) is 14.9. The largest absolute Gasteiger partial charge is 0.496 e. The highest BCUT2D eigenvalue weighted by molar-refractivity contribution is 6.35. The van der Waals surface area contributed by atoms with Gasteiger partial charge in [0.1, 0.15) is 17.1 Å². The minimum Gasteiger partial charge on any atom is -0.496 e. The number of hydrogen-bond acceptors (Lipinski definition) is 6. The molecule has 0 saturated heterocycles. The fraction of sp³-hybridized carbons (Fsp3) is 0.390. The van der Waals surface area contributed by atoms with Crippen LogP contribution in [0.5, 0.6) is 5.75 Å². The van der Waals surface area contributed by atoms with Crippen LogP contribution in [0.4, 0.5) is 5.69 Å². The number of aromatic amines is 1. The van der Waals surface area contributed by atoms with Gasteiger partial charge in [0, 0.05) is 65.5 Å². The molecule has 1 amide bonds. The van der Waals surface area contributed by atoms with E-state index in [9.17, 15) is 9.90 Å². The molecule has 1 aliphatic heterocycles. The summed E-state index contributed by atoms with van der Waals surface area (Å²) in [6, 6.07) is 8.97. The highest BCUT2D eigenvalue weighted by Crippen LogP contribution is 2.46. The van der Waals surface area contributed by atoms with Crippen molar-refractivity contribution in [3.05, 3.63) is 85.9 Å². The number of fused-ring (bicyclic) bond motifs is 4. The third-order valence-electron chi connectivity index (χ3n) is 10.7. The number of halogens is 2. The lowest BCUT2D eigenvalue weighted by molar-refractivity contribution is 0.0683. The first-order valence-electron chi connectivity index (χ1n) is 18.1. The van der Waals surface area contributed by atoms with Gasteiger partial charge in [0.15, 0.2) is 0 Å². The van der Waals surface area contributed by atoms with Crippen LogP contribution in [0.1, 0.15) is 77.6 Å². The van der Waals surface area contributed by atoms with Crippen LogP contribution in [0.25, 0.3) is 32.9 Å². The number of nitrogens with zero attached hydrogens (tertiary/aromatic N) is 4. The number of methoxy groups -OCH3 is 2. The quantitative estimate of drug-likeness (QED) is 0.121. The predicted octanol–water partition coefficient (Wildman–Crippen LogP) is 9.01. The van der Waals surface area contributed by atoms with Gasteiger partial charge in [-0.05, 0) is 89.3 Å². The number of benzene rings is 2. The number of aromatic nitrogens is 4. The van der Waals surface area contributed by atoms with Gasteiger partial charge in [-0.3, -0.25) is 9.89 Å². The van der Waals surface area contributed by atoms with Crippen LogP contribution in [-0.4, -0.2) is 76.4 Å². The third-order valence-corrected chi connectivity index (χ3v) is 11.7. The monoisotopic (exact) mass is 773 g/mol. The Bertz CT molecular complexity index is 2360. The molecule has 0 radical (unpaired) electrons. The number of aromatic carboxylic acids is 1. The van der Waals surface area contributed by atoms with E-state index >= 15 is 4.79 Å². The van der Waals surface area contributed by atoms with Gasteiger partial charge in [0.25, 0.3) is 5.91 Å². The van der Waals surface area contributed by atoms with Gasteiger partial charge < -0.3 is 33.4 Å². The Kier molecular flexibility index (Phi) is 10.4. The second-order valence-corrected chi connectivity index (χ2v) is 15.1. The number of nitrogens with one attached hydrogen (secondary N) is 1. The second-order valence-electron chi connectivity index (χ2n) is 14.3. The topological polar surface area (TPSA) is 124 Å². The Labute approximate surface area is 324 Å². The van der Waals surface area contributed by atoms with Crippen LogP contribution in [0.15, 0.2) is 52.6 Å². The summed E-state index contributed by atoms with van der Waals surface area (Å²) in [7, 11) is 3.12. The summed E-state index contributed by atoms with van der Waals surface area (Å²) < 4.78 is 21.3. The molecule has 2 aromatic carbocycles. The molecule has 3 aromatic heterocycles. The van der Waals surface area contributed by atoms with Crippen molar-refractivity contribution < 1.29 is 28.9 Å². The average molecular weight is 775 g/mol. The molecule has 2 atom stereocenters. The Morgan fingerprint density at radius 3 is 2.48 bits per heavy atom. The van der Waals surface area contributed by atoms with Crippen molar-refractivity contribution in [2.75, 3.05) is 38.9 Å².